The Morgan fingerprint density at radius 3 is 2.55 bits per heavy atom. The van der Waals surface area contributed by atoms with E-state index in [1.165, 1.54) is 11.1 Å². The zero-order chi connectivity index (χ0) is 26.8. The van der Waals surface area contributed by atoms with Gasteiger partial charge in [-0.2, -0.15) is 0 Å². The van der Waals surface area contributed by atoms with Gasteiger partial charge in [0.25, 0.3) is 5.91 Å². The molecule has 0 fully saturated rings. The Kier molecular flexibility index (Phi) is 4.98. The second-order valence-corrected chi connectivity index (χ2v) is 10.8. The molecule has 8 rings (SSSR count). The Morgan fingerprint density at radius 2 is 1.62 bits per heavy atom. The van der Waals surface area contributed by atoms with Crippen LogP contribution in [0.3, 0.4) is 0 Å². The third-order valence-electron chi connectivity index (χ3n) is 8.59. The third kappa shape index (κ3) is 3.30. The highest BCUT2D eigenvalue weighted by Crippen LogP contribution is 2.55. The van der Waals surface area contributed by atoms with Crippen molar-refractivity contribution in [3.05, 3.63) is 112 Å². The first-order chi connectivity index (χ1) is 19.6. The molecule has 1 unspecified atom stereocenters. The predicted octanol–water partition coefficient (Wildman–Crippen LogP) is 5.38. The summed E-state index contributed by atoms with van der Waals surface area (Å²) in [6.45, 7) is 0.593. The van der Waals surface area contributed by atoms with E-state index >= 15 is 0 Å². The van der Waals surface area contributed by atoms with Crippen LogP contribution in [0.1, 0.15) is 44.6 Å². The van der Waals surface area contributed by atoms with Gasteiger partial charge in [-0.15, -0.1) is 0 Å². The van der Waals surface area contributed by atoms with Gasteiger partial charge in [0.05, 0.1) is 6.54 Å². The zero-order valence-electron chi connectivity index (χ0n) is 21.7. The first-order valence-electron chi connectivity index (χ1n) is 13.6. The van der Waals surface area contributed by atoms with E-state index in [9.17, 15) is 9.59 Å². The molecule has 1 aliphatic carbocycles. The van der Waals surface area contributed by atoms with Gasteiger partial charge >= 0.3 is 0 Å². The van der Waals surface area contributed by atoms with Crippen molar-refractivity contribution in [1.82, 2.24) is 0 Å². The van der Waals surface area contributed by atoms with E-state index < -0.39 is 5.41 Å². The van der Waals surface area contributed by atoms with Crippen LogP contribution >= 0.6 is 0 Å². The van der Waals surface area contributed by atoms with Crippen LogP contribution in [0.4, 0.5) is 11.4 Å². The topological polar surface area (TPSA) is 77.1 Å². The number of aryl methyl sites for hydroxylation is 2. The van der Waals surface area contributed by atoms with Gasteiger partial charge in [-0.3, -0.25) is 9.59 Å². The number of nitrogens with zero attached hydrogens (tertiary/aromatic N) is 1. The van der Waals surface area contributed by atoms with Gasteiger partial charge in [0, 0.05) is 28.6 Å². The molecule has 0 saturated carbocycles. The molecule has 2 amide bonds. The molecule has 0 saturated heterocycles. The maximum absolute atomic E-state index is 14.4. The number of carbonyl (C=O) groups is 2. The smallest absolute Gasteiger partial charge is 0.256 e. The van der Waals surface area contributed by atoms with Gasteiger partial charge in [0.1, 0.15) is 17.8 Å². The fraction of sp³-hybridized carbons (Fsp3) is 0.212. The minimum absolute atomic E-state index is 0.0832. The van der Waals surface area contributed by atoms with E-state index in [-0.39, 0.29) is 31.8 Å². The number of nitrogens with one attached hydrogen (secondary N) is 1. The first kappa shape index (κ1) is 23.1. The molecule has 40 heavy (non-hydrogen) atoms. The SMILES string of the molecule is O=C(Nc1ccc2c(c1)CCC2)c1ccccc1CN1C(=O)C2(COc3cc4c(cc32)OCO4)c2ccccc21. The van der Waals surface area contributed by atoms with E-state index in [4.69, 9.17) is 14.2 Å². The minimum atomic E-state index is -0.992. The van der Waals surface area contributed by atoms with Crippen LogP contribution in [0.2, 0.25) is 0 Å². The molecule has 0 radical (unpaired) electrons. The lowest BCUT2D eigenvalue weighted by Gasteiger charge is -2.24. The second-order valence-electron chi connectivity index (χ2n) is 10.8. The summed E-state index contributed by atoms with van der Waals surface area (Å²) >= 11 is 0. The summed E-state index contributed by atoms with van der Waals surface area (Å²) in [4.78, 5) is 29.7. The quantitative estimate of drug-likeness (QED) is 0.383. The molecular weight excluding hydrogens is 504 g/mol. The Labute approximate surface area is 231 Å². The molecule has 4 aromatic carbocycles. The van der Waals surface area contributed by atoms with Crippen LogP contribution in [0.25, 0.3) is 0 Å². The van der Waals surface area contributed by atoms with Crippen molar-refractivity contribution in [1.29, 1.82) is 0 Å². The average molecular weight is 531 g/mol. The highest BCUT2D eigenvalue weighted by molar-refractivity contribution is 6.12. The highest BCUT2D eigenvalue weighted by Gasteiger charge is 2.57. The molecule has 3 aliphatic heterocycles. The fourth-order valence-corrected chi connectivity index (χ4v) is 6.62. The van der Waals surface area contributed by atoms with E-state index in [1.54, 1.807) is 4.90 Å². The standard InChI is InChI=1S/C33H26N2O5/c36-31(34-23-13-12-20-7-5-8-21(20)14-23)24-9-2-1-6-22(24)17-35-27-11-4-3-10-25(27)33(32(35)37)18-38-28-16-30-29(15-26(28)33)39-19-40-30/h1-4,6,9-16H,5,7-8,17-19H2,(H,34,36). The number of fused-ring (bicyclic) bond motifs is 6. The Bertz CT molecular complexity index is 1730. The zero-order valence-corrected chi connectivity index (χ0v) is 21.7. The fourth-order valence-electron chi connectivity index (χ4n) is 6.62. The van der Waals surface area contributed by atoms with Crippen molar-refractivity contribution >= 4 is 23.2 Å². The summed E-state index contributed by atoms with van der Waals surface area (Å²) in [5.74, 6) is 1.59. The minimum Gasteiger partial charge on any atom is -0.491 e. The summed E-state index contributed by atoms with van der Waals surface area (Å²) in [5, 5.41) is 3.08. The molecule has 1 atom stereocenters. The number of hydrogen-bond acceptors (Lipinski definition) is 5. The van der Waals surface area contributed by atoms with Crippen LogP contribution in [0, 0.1) is 0 Å². The average Bonchev–Trinajstić information content (AvgIpc) is 3.76. The summed E-state index contributed by atoms with van der Waals surface area (Å²) < 4.78 is 17.3. The monoisotopic (exact) mass is 530 g/mol. The number of para-hydroxylation sites is 1. The van der Waals surface area contributed by atoms with E-state index in [0.717, 1.165) is 47.3 Å². The Morgan fingerprint density at radius 1 is 0.825 bits per heavy atom. The largest absolute Gasteiger partial charge is 0.491 e. The highest BCUT2D eigenvalue weighted by atomic mass is 16.7. The van der Waals surface area contributed by atoms with Crippen molar-refractivity contribution in [2.24, 2.45) is 0 Å². The van der Waals surface area contributed by atoms with Crippen LogP contribution in [-0.2, 0) is 29.6 Å². The molecule has 198 valence electrons. The molecule has 0 aromatic heterocycles. The normalized spacial score (nSPS) is 19.4. The number of carbonyl (C=O) groups excluding carboxylic acids is 2. The molecule has 7 nitrogen and oxygen atoms in total. The van der Waals surface area contributed by atoms with Gasteiger partial charge in [-0.1, -0.05) is 42.5 Å². The second kappa shape index (κ2) is 8.61. The lowest BCUT2D eigenvalue weighted by Crippen LogP contribution is -2.42. The third-order valence-corrected chi connectivity index (χ3v) is 8.59. The van der Waals surface area contributed by atoms with Crippen molar-refractivity contribution in [3.63, 3.8) is 0 Å². The number of anilines is 2. The predicted molar refractivity (Wildman–Crippen MR) is 149 cm³/mol. The van der Waals surface area contributed by atoms with Crippen LogP contribution in [0.15, 0.2) is 78.9 Å². The number of hydrogen-bond donors (Lipinski definition) is 1. The van der Waals surface area contributed by atoms with Crippen molar-refractivity contribution in [2.45, 2.75) is 31.2 Å². The summed E-state index contributed by atoms with van der Waals surface area (Å²) in [6.07, 6.45) is 3.29. The molecule has 4 aliphatic rings. The number of amides is 2. The van der Waals surface area contributed by atoms with E-state index in [0.29, 0.717) is 22.8 Å². The molecule has 0 bridgehead atoms. The molecule has 1 N–H and O–H groups in total. The molecule has 4 aromatic rings. The van der Waals surface area contributed by atoms with E-state index in [2.05, 4.69) is 17.4 Å². The van der Waals surface area contributed by atoms with Gasteiger partial charge in [-0.25, -0.2) is 0 Å². The van der Waals surface area contributed by atoms with E-state index in [1.807, 2.05) is 66.7 Å². The number of rotatable bonds is 4. The van der Waals surface area contributed by atoms with Crippen LogP contribution < -0.4 is 24.4 Å². The van der Waals surface area contributed by atoms with Gasteiger partial charge in [-0.05, 0) is 71.8 Å². The van der Waals surface area contributed by atoms with Crippen molar-refractivity contribution < 1.29 is 23.8 Å². The Balaban J connectivity index is 1.14. The summed E-state index contributed by atoms with van der Waals surface area (Å²) in [5.41, 5.74) is 6.26. The lowest BCUT2D eigenvalue weighted by molar-refractivity contribution is -0.122. The molecular formula is C33H26N2O5. The van der Waals surface area contributed by atoms with Crippen molar-refractivity contribution in [3.8, 4) is 17.2 Å². The maximum atomic E-state index is 14.4. The lowest BCUT2D eigenvalue weighted by atomic mass is 9.77. The van der Waals surface area contributed by atoms with Crippen molar-refractivity contribution in [2.75, 3.05) is 23.6 Å². The Hall–Kier alpha value is -4.78. The van der Waals surface area contributed by atoms with Crippen LogP contribution in [0.5, 0.6) is 17.2 Å². The number of benzene rings is 4. The van der Waals surface area contributed by atoms with Gasteiger partial charge < -0.3 is 24.4 Å². The van der Waals surface area contributed by atoms with Gasteiger partial charge in [0.2, 0.25) is 12.7 Å². The van der Waals surface area contributed by atoms with Gasteiger partial charge in [0.15, 0.2) is 11.5 Å². The van der Waals surface area contributed by atoms with Crippen LogP contribution in [-0.4, -0.2) is 25.2 Å². The summed E-state index contributed by atoms with van der Waals surface area (Å²) in [6, 6.07) is 25.1. The molecule has 1 spiro atoms. The molecule has 7 heteroatoms. The summed E-state index contributed by atoms with van der Waals surface area (Å²) in [7, 11) is 0. The molecule has 3 heterocycles. The maximum Gasteiger partial charge on any atom is 0.256 e. The number of ether oxygens (including phenoxy) is 3. The first-order valence-corrected chi connectivity index (χ1v) is 13.6.